The first kappa shape index (κ1) is 19.2. The first-order chi connectivity index (χ1) is 12.2. The van der Waals surface area contributed by atoms with Gasteiger partial charge in [0.2, 0.25) is 0 Å². The maximum absolute atomic E-state index is 12.4. The van der Waals surface area contributed by atoms with Gasteiger partial charge in [0.15, 0.2) is 0 Å². The molecular weight excluding hydrogens is 322 g/mol. The summed E-state index contributed by atoms with van der Waals surface area (Å²) in [5.41, 5.74) is 0.537. The molecule has 6 heteroatoms. The van der Waals surface area contributed by atoms with Crippen LogP contribution >= 0.6 is 0 Å². The summed E-state index contributed by atoms with van der Waals surface area (Å²) in [6, 6.07) is 7.25. The highest BCUT2D eigenvalue weighted by atomic mass is 16.5. The van der Waals surface area contributed by atoms with E-state index >= 15 is 0 Å². The minimum Gasteiger partial charge on any atom is -0.490 e. The number of unbranched alkanes of at least 4 members (excludes halogenated alkanes) is 2. The van der Waals surface area contributed by atoms with Crippen molar-refractivity contribution in [2.24, 2.45) is 0 Å². The monoisotopic (exact) mass is 349 g/mol. The first-order valence-corrected chi connectivity index (χ1v) is 8.89. The van der Waals surface area contributed by atoms with Crippen LogP contribution in [0.3, 0.4) is 0 Å². The van der Waals surface area contributed by atoms with Gasteiger partial charge in [-0.25, -0.2) is 0 Å². The third-order valence-corrected chi connectivity index (χ3v) is 4.15. The highest BCUT2D eigenvalue weighted by molar-refractivity contribution is 5.96. The zero-order chi connectivity index (χ0) is 17.9. The van der Waals surface area contributed by atoms with Crippen LogP contribution in [0.4, 0.5) is 0 Å². The van der Waals surface area contributed by atoms with Crippen molar-refractivity contribution in [1.82, 2.24) is 5.32 Å². The van der Waals surface area contributed by atoms with Gasteiger partial charge < -0.3 is 19.5 Å². The van der Waals surface area contributed by atoms with Gasteiger partial charge in [0, 0.05) is 19.6 Å². The second-order valence-corrected chi connectivity index (χ2v) is 6.08. The summed E-state index contributed by atoms with van der Waals surface area (Å²) in [6.07, 6.45) is 5.06. The van der Waals surface area contributed by atoms with Crippen LogP contribution in [0.25, 0.3) is 0 Å². The molecule has 1 amide bonds. The Hall–Kier alpha value is -2.08. The number of carbonyl (C=O) groups is 2. The molecule has 25 heavy (non-hydrogen) atoms. The van der Waals surface area contributed by atoms with E-state index in [-0.39, 0.29) is 18.0 Å². The molecule has 138 valence electrons. The van der Waals surface area contributed by atoms with Crippen molar-refractivity contribution in [3.05, 3.63) is 29.8 Å². The first-order valence-electron chi connectivity index (χ1n) is 8.89. The van der Waals surface area contributed by atoms with Gasteiger partial charge in [0.05, 0.1) is 18.8 Å². The van der Waals surface area contributed by atoms with Gasteiger partial charge in [-0.2, -0.15) is 0 Å². The van der Waals surface area contributed by atoms with Crippen LogP contribution in [0.15, 0.2) is 24.3 Å². The molecule has 2 rings (SSSR count). The molecule has 1 N–H and O–H groups in total. The standard InChI is InChI=1S/C19H27NO5/c1-23-18(21)11-3-2-6-12-20-19(22)16-9-4-5-10-17(16)25-14-15-8-7-13-24-15/h4-5,9-10,15H,2-3,6-8,11-14H2,1H3,(H,20,22). The molecule has 1 aromatic carbocycles. The van der Waals surface area contributed by atoms with E-state index in [4.69, 9.17) is 9.47 Å². The predicted molar refractivity (Wildman–Crippen MR) is 93.7 cm³/mol. The summed E-state index contributed by atoms with van der Waals surface area (Å²) in [4.78, 5) is 23.4. The van der Waals surface area contributed by atoms with Crippen molar-refractivity contribution in [3.8, 4) is 5.75 Å². The fraction of sp³-hybridized carbons (Fsp3) is 0.579. The van der Waals surface area contributed by atoms with E-state index < -0.39 is 0 Å². The fourth-order valence-electron chi connectivity index (χ4n) is 2.71. The molecule has 1 atom stereocenters. The van der Waals surface area contributed by atoms with Crippen LogP contribution in [0.1, 0.15) is 48.9 Å². The SMILES string of the molecule is COC(=O)CCCCCNC(=O)c1ccccc1OCC1CCCO1. The third-order valence-electron chi connectivity index (χ3n) is 4.15. The van der Waals surface area contributed by atoms with E-state index in [0.29, 0.717) is 30.9 Å². The van der Waals surface area contributed by atoms with E-state index in [1.165, 1.54) is 7.11 Å². The van der Waals surface area contributed by atoms with E-state index in [2.05, 4.69) is 10.1 Å². The summed E-state index contributed by atoms with van der Waals surface area (Å²) in [7, 11) is 1.39. The predicted octanol–water partition coefficient (Wildman–Crippen LogP) is 2.71. The van der Waals surface area contributed by atoms with Gasteiger partial charge in [-0.1, -0.05) is 18.6 Å². The zero-order valence-corrected chi connectivity index (χ0v) is 14.8. The maximum Gasteiger partial charge on any atom is 0.305 e. The number of hydrogen-bond donors (Lipinski definition) is 1. The molecule has 0 bridgehead atoms. The number of nitrogens with one attached hydrogen (secondary N) is 1. The van der Waals surface area contributed by atoms with Crippen molar-refractivity contribution in [3.63, 3.8) is 0 Å². The minimum atomic E-state index is -0.193. The quantitative estimate of drug-likeness (QED) is 0.519. The highest BCUT2D eigenvalue weighted by Crippen LogP contribution is 2.20. The van der Waals surface area contributed by atoms with Crippen molar-refractivity contribution in [1.29, 1.82) is 0 Å². The molecule has 0 saturated carbocycles. The Bertz CT molecular complexity index is 555. The Morgan fingerprint density at radius 3 is 2.84 bits per heavy atom. The molecule has 1 aliphatic heterocycles. The van der Waals surface area contributed by atoms with Crippen LogP contribution in [0, 0.1) is 0 Å². The van der Waals surface area contributed by atoms with Crippen molar-refractivity contribution < 1.29 is 23.8 Å². The number of esters is 1. The average molecular weight is 349 g/mol. The molecule has 0 aliphatic carbocycles. The lowest BCUT2D eigenvalue weighted by molar-refractivity contribution is -0.140. The molecule has 1 aliphatic rings. The highest BCUT2D eigenvalue weighted by Gasteiger charge is 2.18. The molecule has 0 spiro atoms. The van der Waals surface area contributed by atoms with Gasteiger partial charge in [0.25, 0.3) is 5.91 Å². The Morgan fingerprint density at radius 2 is 2.08 bits per heavy atom. The van der Waals surface area contributed by atoms with Gasteiger partial charge >= 0.3 is 5.97 Å². The number of hydrogen-bond acceptors (Lipinski definition) is 5. The molecule has 0 aromatic heterocycles. The van der Waals surface area contributed by atoms with Crippen LogP contribution < -0.4 is 10.1 Å². The molecule has 1 aromatic rings. The number of methoxy groups -OCH3 is 1. The van der Waals surface area contributed by atoms with Crippen LogP contribution in [0.2, 0.25) is 0 Å². The second kappa shape index (κ2) is 10.7. The molecular formula is C19H27NO5. The molecule has 6 nitrogen and oxygen atoms in total. The average Bonchev–Trinajstić information content (AvgIpc) is 3.16. The topological polar surface area (TPSA) is 73.9 Å². The lowest BCUT2D eigenvalue weighted by Crippen LogP contribution is -2.25. The van der Waals surface area contributed by atoms with Crippen LogP contribution in [-0.4, -0.2) is 44.8 Å². The Kier molecular flexibility index (Phi) is 8.25. The van der Waals surface area contributed by atoms with Gasteiger partial charge in [-0.15, -0.1) is 0 Å². The van der Waals surface area contributed by atoms with Crippen LogP contribution in [0.5, 0.6) is 5.75 Å². The number of carbonyl (C=O) groups excluding carboxylic acids is 2. The minimum absolute atomic E-state index is 0.117. The molecule has 1 saturated heterocycles. The van der Waals surface area contributed by atoms with Gasteiger partial charge in [0.1, 0.15) is 12.4 Å². The Balaban J connectivity index is 1.72. The Morgan fingerprint density at radius 1 is 1.24 bits per heavy atom. The second-order valence-electron chi connectivity index (χ2n) is 6.08. The molecule has 0 radical (unpaired) electrons. The summed E-state index contributed by atoms with van der Waals surface area (Å²) < 4.78 is 15.9. The van der Waals surface area contributed by atoms with Crippen molar-refractivity contribution >= 4 is 11.9 Å². The fourth-order valence-corrected chi connectivity index (χ4v) is 2.71. The summed E-state index contributed by atoms with van der Waals surface area (Å²) in [6.45, 7) is 1.82. The molecule has 1 heterocycles. The summed E-state index contributed by atoms with van der Waals surface area (Å²) in [5.74, 6) is 0.249. The summed E-state index contributed by atoms with van der Waals surface area (Å²) >= 11 is 0. The zero-order valence-electron chi connectivity index (χ0n) is 14.8. The third kappa shape index (κ3) is 6.74. The molecule has 1 unspecified atom stereocenters. The maximum atomic E-state index is 12.4. The van der Waals surface area contributed by atoms with E-state index in [1.54, 1.807) is 12.1 Å². The smallest absolute Gasteiger partial charge is 0.305 e. The van der Waals surface area contributed by atoms with Gasteiger partial charge in [-0.3, -0.25) is 9.59 Å². The number of amides is 1. The lowest BCUT2D eigenvalue weighted by atomic mass is 10.1. The van der Waals surface area contributed by atoms with E-state index in [1.807, 2.05) is 12.1 Å². The molecule has 1 fully saturated rings. The van der Waals surface area contributed by atoms with E-state index in [9.17, 15) is 9.59 Å². The van der Waals surface area contributed by atoms with Crippen LogP contribution in [-0.2, 0) is 14.3 Å². The number of ether oxygens (including phenoxy) is 3. The Labute approximate surface area is 148 Å². The van der Waals surface area contributed by atoms with E-state index in [0.717, 1.165) is 38.7 Å². The largest absolute Gasteiger partial charge is 0.490 e. The normalized spacial score (nSPS) is 16.4. The van der Waals surface area contributed by atoms with Crippen molar-refractivity contribution in [2.45, 2.75) is 44.6 Å². The summed E-state index contributed by atoms with van der Waals surface area (Å²) in [5, 5.41) is 2.90. The van der Waals surface area contributed by atoms with Crippen molar-refractivity contribution in [2.75, 3.05) is 26.9 Å². The number of para-hydroxylation sites is 1. The number of rotatable bonds is 10. The van der Waals surface area contributed by atoms with Gasteiger partial charge in [-0.05, 0) is 37.8 Å². The number of benzene rings is 1. The lowest BCUT2D eigenvalue weighted by Gasteiger charge is -2.14.